The Labute approximate surface area is 103 Å². The zero-order chi connectivity index (χ0) is 10.5. The maximum atomic E-state index is 11.6. The zero-order valence-corrected chi connectivity index (χ0v) is 11.4. The fourth-order valence-electron chi connectivity index (χ4n) is 0.693. The summed E-state index contributed by atoms with van der Waals surface area (Å²) in [5, 5.41) is 0. The van der Waals surface area contributed by atoms with E-state index in [-0.39, 0.29) is 0 Å². The van der Waals surface area contributed by atoms with E-state index in [1.54, 1.807) is 0 Å². The molecule has 80 valence electrons. The normalized spacial score (nSPS) is 12.8. The summed E-state index contributed by atoms with van der Waals surface area (Å²) in [6.07, 6.45) is 1.51. The second-order valence-corrected chi connectivity index (χ2v) is 9.47. The summed E-state index contributed by atoms with van der Waals surface area (Å²) in [5.41, 5.74) is 0. The van der Waals surface area contributed by atoms with Crippen molar-refractivity contribution in [1.29, 1.82) is 0 Å². The lowest BCUT2D eigenvalue weighted by Crippen LogP contribution is -1.98. The Hall–Kier alpha value is 1.68. The number of halogens is 5. The lowest BCUT2D eigenvalue weighted by molar-refractivity contribution is 0.582. The standard InChI is InChI=1S/C6H10Cl5OP/c7-5(8)1-3-13(11,12)4-2-6(9)10/h5-6H,1-4H2. The lowest BCUT2D eigenvalue weighted by atomic mass is 10.6. The molecule has 0 amide bonds. The van der Waals surface area contributed by atoms with Crippen molar-refractivity contribution in [3.8, 4) is 0 Å². The van der Waals surface area contributed by atoms with Crippen LogP contribution in [0.25, 0.3) is 0 Å². The average molecular weight is 306 g/mol. The Bertz CT molecular complexity index is 168. The molecule has 0 spiro atoms. The smallest absolute Gasteiger partial charge is 0.169 e. The van der Waals surface area contributed by atoms with Crippen LogP contribution in [0.1, 0.15) is 12.8 Å². The second kappa shape index (κ2) is 7.04. The lowest BCUT2D eigenvalue weighted by Gasteiger charge is -2.10. The molecule has 0 aromatic carbocycles. The molecule has 0 aliphatic carbocycles. The average Bonchev–Trinajstić information content (AvgIpc) is 1.98. The van der Waals surface area contributed by atoms with Crippen molar-refractivity contribution in [2.75, 3.05) is 12.3 Å². The van der Waals surface area contributed by atoms with E-state index in [4.69, 9.17) is 57.6 Å². The zero-order valence-electron chi connectivity index (χ0n) is 6.73. The Kier molecular flexibility index (Phi) is 7.95. The molecular formula is C6H10Cl5OP. The molecule has 0 unspecified atom stereocenters. The molecule has 0 heterocycles. The van der Waals surface area contributed by atoms with Crippen molar-refractivity contribution >= 4 is 64.1 Å². The molecule has 0 atom stereocenters. The molecule has 0 aromatic rings. The van der Waals surface area contributed by atoms with Gasteiger partial charge in [-0.1, -0.05) is 11.2 Å². The van der Waals surface area contributed by atoms with Crippen LogP contribution in [-0.2, 0) is 4.57 Å². The molecule has 0 aliphatic rings. The van der Waals surface area contributed by atoms with Crippen LogP contribution in [0.4, 0.5) is 0 Å². The Morgan fingerprint density at radius 1 is 0.923 bits per heavy atom. The number of hydrogen-bond acceptors (Lipinski definition) is 1. The van der Waals surface area contributed by atoms with Crippen molar-refractivity contribution in [3.63, 3.8) is 0 Å². The van der Waals surface area contributed by atoms with E-state index in [2.05, 4.69) is 0 Å². The minimum atomic E-state index is -2.67. The first-order valence-electron chi connectivity index (χ1n) is 3.67. The van der Waals surface area contributed by atoms with Gasteiger partial charge in [-0.25, -0.2) is 0 Å². The van der Waals surface area contributed by atoms with Gasteiger partial charge in [-0.15, -0.1) is 46.4 Å². The largest absolute Gasteiger partial charge is 0.307 e. The van der Waals surface area contributed by atoms with Gasteiger partial charge in [-0.2, -0.15) is 0 Å². The van der Waals surface area contributed by atoms with E-state index in [1.807, 2.05) is 0 Å². The van der Waals surface area contributed by atoms with Crippen LogP contribution in [0, 0.1) is 0 Å². The molecule has 13 heavy (non-hydrogen) atoms. The van der Waals surface area contributed by atoms with E-state index < -0.39 is 16.2 Å². The van der Waals surface area contributed by atoms with E-state index >= 15 is 0 Å². The molecule has 0 saturated carbocycles. The highest BCUT2D eigenvalue weighted by Crippen LogP contribution is 2.53. The molecule has 0 saturated heterocycles. The Morgan fingerprint density at radius 3 is 1.46 bits per heavy atom. The SMILES string of the molecule is O=P(Cl)(CCC(Cl)Cl)CCC(Cl)Cl. The predicted molar refractivity (Wildman–Crippen MR) is 63.4 cm³/mol. The third-order valence-corrected chi connectivity index (χ3v) is 5.10. The number of alkyl halides is 4. The number of hydrogen-bond donors (Lipinski definition) is 0. The molecule has 0 fully saturated rings. The summed E-state index contributed by atoms with van der Waals surface area (Å²) in [5.74, 6) is 0. The van der Waals surface area contributed by atoms with Crippen LogP contribution in [-0.4, -0.2) is 22.0 Å². The van der Waals surface area contributed by atoms with Gasteiger partial charge in [0.15, 0.2) is 6.49 Å². The third-order valence-electron chi connectivity index (χ3n) is 1.36. The molecule has 0 aromatic heterocycles. The maximum Gasteiger partial charge on any atom is 0.169 e. The number of rotatable bonds is 6. The molecule has 0 rings (SSSR count). The molecule has 0 N–H and O–H groups in total. The van der Waals surface area contributed by atoms with Gasteiger partial charge >= 0.3 is 0 Å². The summed E-state index contributed by atoms with van der Waals surface area (Å²) in [7, 11) is 0. The van der Waals surface area contributed by atoms with Crippen LogP contribution in [0.2, 0.25) is 0 Å². The first-order chi connectivity index (χ1) is 5.83. The van der Waals surface area contributed by atoms with Gasteiger partial charge in [0.2, 0.25) is 0 Å². The van der Waals surface area contributed by atoms with E-state index in [0.29, 0.717) is 25.2 Å². The van der Waals surface area contributed by atoms with Crippen LogP contribution < -0.4 is 0 Å². The molecule has 0 aliphatic heterocycles. The topological polar surface area (TPSA) is 17.1 Å². The molecular weight excluding hydrogens is 296 g/mol. The second-order valence-electron chi connectivity index (χ2n) is 2.60. The van der Waals surface area contributed by atoms with Crippen molar-refractivity contribution in [2.45, 2.75) is 22.5 Å². The van der Waals surface area contributed by atoms with E-state index in [9.17, 15) is 4.57 Å². The van der Waals surface area contributed by atoms with Crippen LogP contribution in [0.5, 0.6) is 0 Å². The van der Waals surface area contributed by atoms with Gasteiger partial charge in [0, 0.05) is 12.3 Å². The van der Waals surface area contributed by atoms with Gasteiger partial charge in [-0.3, -0.25) is 0 Å². The fourth-order valence-corrected chi connectivity index (χ4v) is 3.83. The quantitative estimate of drug-likeness (QED) is 0.504. The summed E-state index contributed by atoms with van der Waals surface area (Å²) < 4.78 is 11.6. The monoisotopic (exact) mass is 304 g/mol. The van der Waals surface area contributed by atoms with Crippen molar-refractivity contribution in [2.24, 2.45) is 0 Å². The Balaban J connectivity index is 3.74. The van der Waals surface area contributed by atoms with Gasteiger partial charge in [0.1, 0.15) is 9.67 Å². The predicted octanol–water partition coefficient (Wildman–Crippen LogP) is 4.89. The van der Waals surface area contributed by atoms with Gasteiger partial charge in [-0.05, 0) is 12.8 Å². The summed E-state index contributed by atoms with van der Waals surface area (Å²) >= 11 is 27.7. The minimum absolute atomic E-state index is 0.326. The fraction of sp³-hybridized carbons (Fsp3) is 1.00. The van der Waals surface area contributed by atoms with Crippen molar-refractivity contribution < 1.29 is 4.57 Å². The Morgan fingerprint density at radius 2 is 1.23 bits per heavy atom. The van der Waals surface area contributed by atoms with Crippen LogP contribution in [0.3, 0.4) is 0 Å². The summed E-state index contributed by atoms with van der Waals surface area (Å²) in [6, 6.07) is 0. The van der Waals surface area contributed by atoms with E-state index in [0.717, 1.165) is 0 Å². The first kappa shape index (κ1) is 14.7. The first-order valence-corrected chi connectivity index (χ1v) is 8.40. The minimum Gasteiger partial charge on any atom is -0.307 e. The molecule has 1 nitrogen and oxygen atoms in total. The third kappa shape index (κ3) is 9.97. The van der Waals surface area contributed by atoms with Crippen LogP contribution in [0.15, 0.2) is 0 Å². The van der Waals surface area contributed by atoms with E-state index in [1.165, 1.54) is 0 Å². The molecule has 7 heteroatoms. The highest BCUT2D eigenvalue weighted by Gasteiger charge is 2.20. The maximum absolute atomic E-state index is 11.6. The summed E-state index contributed by atoms with van der Waals surface area (Å²) in [4.78, 5) is -1.04. The summed E-state index contributed by atoms with van der Waals surface area (Å²) in [6.45, 7) is -2.67. The van der Waals surface area contributed by atoms with Gasteiger partial charge in [0.05, 0.1) is 0 Å². The highest BCUT2D eigenvalue weighted by molar-refractivity contribution is 7.89. The highest BCUT2D eigenvalue weighted by atomic mass is 35.7. The van der Waals surface area contributed by atoms with Crippen molar-refractivity contribution in [1.82, 2.24) is 0 Å². The van der Waals surface area contributed by atoms with Crippen molar-refractivity contribution in [3.05, 3.63) is 0 Å². The van der Waals surface area contributed by atoms with Gasteiger partial charge in [0.25, 0.3) is 0 Å². The van der Waals surface area contributed by atoms with Crippen LogP contribution >= 0.6 is 64.1 Å². The molecule has 0 radical (unpaired) electrons. The van der Waals surface area contributed by atoms with Gasteiger partial charge < -0.3 is 4.57 Å². The molecule has 0 bridgehead atoms.